The first-order valence-corrected chi connectivity index (χ1v) is 7.07. The third-order valence-corrected chi connectivity index (χ3v) is 3.45. The van der Waals surface area contributed by atoms with Crippen LogP contribution in [0.1, 0.15) is 25.3 Å². The van der Waals surface area contributed by atoms with Crippen LogP contribution in [-0.2, 0) is 11.3 Å². The van der Waals surface area contributed by atoms with Gasteiger partial charge in [-0.15, -0.1) is 0 Å². The number of amides is 1. The number of hydrogen-bond donors (Lipinski definition) is 1. The Kier molecular flexibility index (Phi) is 6.36. The Balaban J connectivity index is 2.64. The molecule has 0 bridgehead atoms. The zero-order valence-electron chi connectivity index (χ0n) is 11.0. The van der Waals surface area contributed by atoms with Crippen molar-refractivity contribution in [3.63, 3.8) is 0 Å². The summed E-state index contributed by atoms with van der Waals surface area (Å²) in [7, 11) is 1.83. The molecule has 0 spiro atoms. The highest BCUT2D eigenvalue weighted by Gasteiger charge is 2.19. The van der Waals surface area contributed by atoms with Crippen molar-refractivity contribution < 1.29 is 4.79 Å². The molecule has 0 radical (unpaired) electrons. The van der Waals surface area contributed by atoms with Crippen LogP contribution < -0.4 is 5.73 Å². The maximum atomic E-state index is 12.2. The van der Waals surface area contributed by atoms with Crippen molar-refractivity contribution in [3.05, 3.63) is 34.3 Å². The molecule has 100 valence electrons. The van der Waals surface area contributed by atoms with Gasteiger partial charge >= 0.3 is 0 Å². The van der Waals surface area contributed by atoms with Gasteiger partial charge in [0.2, 0.25) is 5.91 Å². The van der Waals surface area contributed by atoms with Gasteiger partial charge in [0.1, 0.15) is 0 Å². The van der Waals surface area contributed by atoms with E-state index in [0.29, 0.717) is 13.1 Å². The van der Waals surface area contributed by atoms with E-state index in [9.17, 15) is 4.79 Å². The number of hydrogen-bond acceptors (Lipinski definition) is 2. The molecule has 1 aromatic carbocycles. The maximum Gasteiger partial charge on any atom is 0.226 e. The molecule has 3 nitrogen and oxygen atoms in total. The van der Waals surface area contributed by atoms with Crippen molar-refractivity contribution in [1.29, 1.82) is 0 Å². The highest BCUT2D eigenvalue weighted by molar-refractivity contribution is 9.10. The Morgan fingerprint density at radius 2 is 2.22 bits per heavy atom. The van der Waals surface area contributed by atoms with Crippen molar-refractivity contribution in [3.8, 4) is 0 Å². The second kappa shape index (κ2) is 7.54. The van der Waals surface area contributed by atoms with Gasteiger partial charge in [-0.25, -0.2) is 0 Å². The van der Waals surface area contributed by atoms with Gasteiger partial charge in [-0.1, -0.05) is 41.4 Å². The predicted molar refractivity (Wildman–Crippen MR) is 78.1 cm³/mol. The first kappa shape index (κ1) is 15.2. The molecule has 0 aliphatic rings. The van der Waals surface area contributed by atoms with Crippen LogP contribution in [0.4, 0.5) is 0 Å². The van der Waals surface area contributed by atoms with Gasteiger partial charge in [-0.2, -0.15) is 0 Å². The number of nitrogens with zero attached hydrogens (tertiary/aromatic N) is 1. The Hall–Kier alpha value is -0.870. The SMILES string of the molecule is CCCC(CN)C(=O)N(C)Cc1cccc(Br)c1. The molecule has 1 atom stereocenters. The lowest BCUT2D eigenvalue weighted by atomic mass is 10.0. The standard InChI is InChI=1S/C14H21BrN2O/c1-3-5-12(9-16)14(18)17(2)10-11-6-4-7-13(15)8-11/h4,6-8,12H,3,5,9-10,16H2,1-2H3. The molecule has 1 rings (SSSR count). The van der Waals surface area contributed by atoms with Crippen LogP contribution in [0.15, 0.2) is 28.7 Å². The van der Waals surface area contributed by atoms with Crippen molar-refractivity contribution in [2.45, 2.75) is 26.3 Å². The zero-order chi connectivity index (χ0) is 13.5. The van der Waals surface area contributed by atoms with Crippen LogP contribution in [0.25, 0.3) is 0 Å². The van der Waals surface area contributed by atoms with E-state index in [2.05, 4.69) is 22.9 Å². The summed E-state index contributed by atoms with van der Waals surface area (Å²) < 4.78 is 1.03. The molecule has 18 heavy (non-hydrogen) atoms. The Morgan fingerprint density at radius 3 is 2.78 bits per heavy atom. The summed E-state index contributed by atoms with van der Waals surface area (Å²) in [6, 6.07) is 8.00. The minimum absolute atomic E-state index is 0.0489. The lowest BCUT2D eigenvalue weighted by molar-refractivity contribution is -0.134. The van der Waals surface area contributed by atoms with Crippen LogP contribution >= 0.6 is 15.9 Å². The van der Waals surface area contributed by atoms with E-state index in [-0.39, 0.29) is 11.8 Å². The first-order valence-electron chi connectivity index (χ1n) is 6.28. The summed E-state index contributed by atoms with van der Waals surface area (Å²) >= 11 is 3.43. The fraction of sp³-hybridized carbons (Fsp3) is 0.500. The van der Waals surface area contributed by atoms with E-state index in [1.807, 2.05) is 31.3 Å². The van der Waals surface area contributed by atoms with Crippen molar-refractivity contribution in [1.82, 2.24) is 4.90 Å². The van der Waals surface area contributed by atoms with Gasteiger partial charge < -0.3 is 10.6 Å². The Labute approximate surface area is 117 Å². The molecular formula is C14H21BrN2O. The summed E-state index contributed by atoms with van der Waals surface area (Å²) in [5.41, 5.74) is 6.78. The topological polar surface area (TPSA) is 46.3 Å². The number of halogens is 1. The first-order chi connectivity index (χ1) is 8.58. The lowest BCUT2D eigenvalue weighted by Crippen LogP contribution is -2.36. The van der Waals surface area contributed by atoms with Crippen LogP contribution in [-0.4, -0.2) is 24.4 Å². The van der Waals surface area contributed by atoms with Crippen molar-refractivity contribution in [2.24, 2.45) is 11.7 Å². The monoisotopic (exact) mass is 312 g/mol. The van der Waals surface area contributed by atoms with Crippen molar-refractivity contribution in [2.75, 3.05) is 13.6 Å². The van der Waals surface area contributed by atoms with Gasteiger partial charge in [-0.3, -0.25) is 4.79 Å². The van der Waals surface area contributed by atoms with Gasteiger partial charge in [0.25, 0.3) is 0 Å². The van der Waals surface area contributed by atoms with E-state index in [1.54, 1.807) is 4.90 Å². The molecule has 1 unspecified atom stereocenters. The van der Waals surface area contributed by atoms with Gasteiger partial charge in [0.05, 0.1) is 5.92 Å². The molecular weight excluding hydrogens is 292 g/mol. The summed E-state index contributed by atoms with van der Waals surface area (Å²) in [5.74, 6) is 0.0893. The molecule has 4 heteroatoms. The number of nitrogens with two attached hydrogens (primary N) is 1. The minimum atomic E-state index is -0.0489. The molecule has 1 amide bonds. The molecule has 2 N–H and O–H groups in total. The maximum absolute atomic E-state index is 12.2. The quantitative estimate of drug-likeness (QED) is 0.878. The summed E-state index contributed by atoms with van der Waals surface area (Å²) in [5, 5.41) is 0. The Bertz CT molecular complexity index is 395. The summed E-state index contributed by atoms with van der Waals surface area (Å²) in [4.78, 5) is 13.9. The summed E-state index contributed by atoms with van der Waals surface area (Å²) in [6.45, 7) is 3.12. The predicted octanol–water partition coefficient (Wildman–Crippen LogP) is 2.78. The average Bonchev–Trinajstić information content (AvgIpc) is 2.35. The van der Waals surface area contributed by atoms with Crippen LogP contribution in [0.3, 0.4) is 0 Å². The highest BCUT2D eigenvalue weighted by atomic mass is 79.9. The number of carbonyl (C=O) groups is 1. The molecule has 0 aliphatic heterocycles. The molecule has 0 aromatic heterocycles. The van der Waals surface area contributed by atoms with E-state index < -0.39 is 0 Å². The largest absolute Gasteiger partial charge is 0.341 e. The van der Waals surface area contributed by atoms with Crippen LogP contribution in [0.5, 0.6) is 0 Å². The second-order valence-corrected chi connectivity index (χ2v) is 5.46. The second-order valence-electron chi connectivity index (χ2n) is 4.55. The van der Waals surface area contributed by atoms with Crippen LogP contribution in [0.2, 0.25) is 0 Å². The van der Waals surface area contributed by atoms with E-state index in [4.69, 9.17) is 5.73 Å². The summed E-state index contributed by atoms with van der Waals surface area (Å²) in [6.07, 6.45) is 1.84. The molecule has 0 heterocycles. The van der Waals surface area contributed by atoms with Crippen molar-refractivity contribution >= 4 is 21.8 Å². The molecule has 0 saturated carbocycles. The van der Waals surface area contributed by atoms with Crippen LogP contribution in [0, 0.1) is 5.92 Å². The third-order valence-electron chi connectivity index (χ3n) is 2.96. The average molecular weight is 313 g/mol. The number of carbonyl (C=O) groups excluding carboxylic acids is 1. The number of rotatable bonds is 6. The zero-order valence-corrected chi connectivity index (χ0v) is 12.6. The fourth-order valence-corrected chi connectivity index (χ4v) is 2.44. The lowest BCUT2D eigenvalue weighted by Gasteiger charge is -2.22. The molecule has 0 fully saturated rings. The van der Waals surface area contributed by atoms with E-state index >= 15 is 0 Å². The molecule has 1 aromatic rings. The van der Waals surface area contributed by atoms with Gasteiger partial charge in [0.15, 0.2) is 0 Å². The Morgan fingerprint density at radius 1 is 1.50 bits per heavy atom. The smallest absolute Gasteiger partial charge is 0.226 e. The normalized spacial score (nSPS) is 12.2. The fourth-order valence-electron chi connectivity index (χ4n) is 1.99. The molecule has 0 saturated heterocycles. The third kappa shape index (κ3) is 4.42. The molecule has 0 aliphatic carbocycles. The number of benzene rings is 1. The van der Waals surface area contributed by atoms with Gasteiger partial charge in [0, 0.05) is 24.6 Å². The minimum Gasteiger partial charge on any atom is -0.341 e. The van der Waals surface area contributed by atoms with Gasteiger partial charge in [-0.05, 0) is 24.1 Å². The highest BCUT2D eigenvalue weighted by Crippen LogP contribution is 2.15. The van der Waals surface area contributed by atoms with E-state index in [0.717, 1.165) is 22.9 Å². The van der Waals surface area contributed by atoms with E-state index in [1.165, 1.54) is 0 Å².